The van der Waals surface area contributed by atoms with Crippen molar-refractivity contribution in [3.05, 3.63) is 105 Å². The Morgan fingerprint density at radius 2 is 1.71 bits per heavy atom. The van der Waals surface area contributed by atoms with E-state index in [1.807, 2.05) is 55.5 Å². The summed E-state index contributed by atoms with van der Waals surface area (Å²) in [5, 5.41) is 0.785. The van der Waals surface area contributed by atoms with Gasteiger partial charge in [0.1, 0.15) is 5.75 Å². The minimum Gasteiger partial charge on any atom is -0.494 e. The molecule has 0 fully saturated rings. The van der Waals surface area contributed by atoms with E-state index in [1.54, 1.807) is 35.2 Å². The summed E-state index contributed by atoms with van der Waals surface area (Å²) in [5.74, 6) is -0.00340. The van der Waals surface area contributed by atoms with Crippen LogP contribution in [0.15, 0.2) is 78.4 Å². The first-order valence-electron chi connectivity index (χ1n) is 10.6. The van der Waals surface area contributed by atoms with E-state index in [1.165, 1.54) is 7.11 Å². The Morgan fingerprint density at radius 3 is 2.32 bits per heavy atom. The second-order valence-electron chi connectivity index (χ2n) is 7.43. The average molecular weight is 494 g/mol. The van der Waals surface area contributed by atoms with E-state index in [-0.39, 0.29) is 16.5 Å². The molecule has 3 aromatic rings. The summed E-state index contributed by atoms with van der Waals surface area (Å²) in [7, 11) is 1.29. The Labute approximate surface area is 207 Å². The summed E-state index contributed by atoms with van der Waals surface area (Å²) in [5.41, 5.74) is 3.59. The van der Waals surface area contributed by atoms with Gasteiger partial charge in [0.15, 0.2) is 0 Å². The third kappa shape index (κ3) is 4.86. The molecule has 0 bridgehead atoms. The summed E-state index contributed by atoms with van der Waals surface area (Å²) < 4.78 is 10.3. The number of amides is 1. The van der Waals surface area contributed by atoms with Gasteiger partial charge in [0.2, 0.25) is 0 Å². The standard InChI is InChI=1S/C27H21Cl2NO4/c1-3-34-22-11-4-17(5-12-22)14-19-15-25(18-6-8-20(28)9-7-18)30(26(19)31)21-10-13-23(24(29)16-21)27(32)33-2/h4-16H,3H2,1-2H3/b19-14+. The zero-order valence-corrected chi connectivity index (χ0v) is 20.1. The van der Waals surface area contributed by atoms with E-state index >= 15 is 0 Å². The molecule has 0 spiro atoms. The molecule has 0 aliphatic carbocycles. The van der Waals surface area contributed by atoms with Gasteiger partial charge in [0.05, 0.1) is 35.7 Å². The van der Waals surface area contributed by atoms with E-state index in [0.29, 0.717) is 28.6 Å². The second kappa shape index (κ2) is 10.2. The molecule has 1 aliphatic rings. The molecule has 4 rings (SSSR count). The first-order chi connectivity index (χ1) is 16.4. The van der Waals surface area contributed by atoms with Gasteiger partial charge in [0.25, 0.3) is 5.91 Å². The lowest BCUT2D eigenvalue weighted by atomic mass is 10.1. The number of nitrogens with zero attached hydrogens (tertiary/aromatic N) is 1. The van der Waals surface area contributed by atoms with E-state index in [2.05, 4.69) is 0 Å². The van der Waals surface area contributed by atoms with Gasteiger partial charge in [-0.05, 0) is 72.7 Å². The summed E-state index contributed by atoms with van der Waals surface area (Å²) in [6, 6.07) is 19.5. The van der Waals surface area contributed by atoms with Crippen molar-refractivity contribution in [1.82, 2.24) is 0 Å². The molecule has 0 atom stereocenters. The largest absolute Gasteiger partial charge is 0.494 e. The topological polar surface area (TPSA) is 55.8 Å². The minimum atomic E-state index is -0.547. The van der Waals surface area contributed by atoms with Crippen LogP contribution in [0.5, 0.6) is 5.75 Å². The molecule has 1 aliphatic heterocycles. The molecule has 0 N–H and O–H groups in total. The number of rotatable bonds is 6. The maximum atomic E-state index is 13.5. The Morgan fingerprint density at radius 1 is 1.00 bits per heavy atom. The normalized spacial score (nSPS) is 14.4. The molecule has 0 radical (unpaired) electrons. The first kappa shape index (κ1) is 23.6. The van der Waals surface area contributed by atoms with E-state index < -0.39 is 5.97 Å². The second-order valence-corrected chi connectivity index (χ2v) is 8.28. The van der Waals surface area contributed by atoms with Gasteiger partial charge in [-0.15, -0.1) is 0 Å². The van der Waals surface area contributed by atoms with Crippen LogP contribution in [0, 0.1) is 0 Å². The molecule has 0 saturated carbocycles. The van der Waals surface area contributed by atoms with Gasteiger partial charge in [-0.3, -0.25) is 9.69 Å². The van der Waals surface area contributed by atoms with E-state index in [4.69, 9.17) is 32.7 Å². The van der Waals surface area contributed by atoms with Gasteiger partial charge in [-0.1, -0.05) is 47.5 Å². The Hall–Kier alpha value is -3.54. The van der Waals surface area contributed by atoms with Crippen molar-refractivity contribution < 1.29 is 19.1 Å². The number of carbonyl (C=O) groups is 2. The zero-order chi connectivity index (χ0) is 24.2. The number of carbonyl (C=O) groups excluding carboxylic acids is 2. The van der Waals surface area contributed by atoms with Crippen LogP contribution >= 0.6 is 23.2 Å². The third-order valence-electron chi connectivity index (χ3n) is 5.25. The van der Waals surface area contributed by atoms with Gasteiger partial charge in [-0.2, -0.15) is 0 Å². The van der Waals surface area contributed by atoms with Crippen molar-refractivity contribution in [1.29, 1.82) is 0 Å². The van der Waals surface area contributed by atoms with Crippen molar-refractivity contribution in [3.8, 4) is 5.75 Å². The summed E-state index contributed by atoms with van der Waals surface area (Å²) in [4.78, 5) is 27.0. The first-order valence-corrected chi connectivity index (χ1v) is 11.3. The van der Waals surface area contributed by atoms with E-state index in [9.17, 15) is 9.59 Å². The molecule has 0 unspecified atom stereocenters. The molecular weight excluding hydrogens is 473 g/mol. The number of halogens is 2. The van der Waals surface area contributed by atoms with Gasteiger partial charge in [-0.25, -0.2) is 4.79 Å². The van der Waals surface area contributed by atoms with Crippen molar-refractivity contribution in [3.63, 3.8) is 0 Å². The number of anilines is 1. The fourth-order valence-electron chi connectivity index (χ4n) is 3.63. The fourth-order valence-corrected chi connectivity index (χ4v) is 4.01. The van der Waals surface area contributed by atoms with Gasteiger partial charge < -0.3 is 9.47 Å². The van der Waals surface area contributed by atoms with Crippen LogP contribution in [0.3, 0.4) is 0 Å². The van der Waals surface area contributed by atoms with Crippen molar-refractivity contribution >= 4 is 52.5 Å². The fraction of sp³-hybridized carbons (Fsp3) is 0.111. The molecule has 0 saturated heterocycles. The zero-order valence-electron chi connectivity index (χ0n) is 18.5. The molecule has 1 amide bonds. The maximum Gasteiger partial charge on any atom is 0.339 e. The molecule has 1 heterocycles. The predicted molar refractivity (Wildman–Crippen MR) is 135 cm³/mol. The molecule has 7 heteroatoms. The lowest BCUT2D eigenvalue weighted by Crippen LogP contribution is -2.25. The highest BCUT2D eigenvalue weighted by atomic mass is 35.5. The van der Waals surface area contributed by atoms with Crippen LogP contribution in [0.2, 0.25) is 10.0 Å². The van der Waals surface area contributed by atoms with Gasteiger partial charge >= 0.3 is 5.97 Å². The quantitative estimate of drug-likeness (QED) is 0.285. The molecular formula is C27H21Cl2NO4. The van der Waals surface area contributed by atoms with Crippen molar-refractivity contribution in [2.45, 2.75) is 6.92 Å². The number of benzene rings is 3. The molecule has 172 valence electrons. The Bertz CT molecular complexity index is 1300. The molecule has 3 aromatic carbocycles. The molecule has 34 heavy (non-hydrogen) atoms. The molecule has 5 nitrogen and oxygen atoms in total. The number of esters is 1. The summed E-state index contributed by atoms with van der Waals surface area (Å²) in [6.07, 6.45) is 3.64. The monoisotopic (exact) mass is 493 g/mol. The van der Waals surface area contributed by atoms with Gasteiger partial charge in [0, 0.05) is 10.6 Å². The highest BCUT2D eigenvalue weighted by molar-refractivity contribution is 6.34. The predicted octanol–water partition coefficient (Wildman–Crippen LogP) is 6.65. The number of hydrogen-bond acceptors (Lipinski definition) is 4. The minimum absolute atomic E-state index is 0.191. The van der Waals surface area contributed by atoms with Crippen LogP contribution in [-0.4, -0.2) is 25.6 Å². The van der Waals surface area contributed by atoms with Crippen LogP contribution in [0.4, 0.5) is 5.69 Å². The highest BCUT2D eigenvalue weighted by Gasteiger charge is 2.31. The number of hydrogen-bond donors (Lipinski definition) is 0. The average Bonchev–Trinajstić information content (AvgIpc) is 3.16. The van der Waals surface area contributed by atoms with Crippen LogP contribution in [-0.2, 0) is 9.53 Å². The summed E-state index contributed by atoms with van der Waals surface area (Å²) in [6.45, 7) is 2.51. The van der Waals surface area contributed by atoms with Crippen molar-refractivity contribution in [2.75, 3.05) is 18.6 Å². The molecule has 0 aromatic heterocycles. The van der Waals surface area contributed by atoms with Crippen LogP contribution in [0.25, 0.3) is 11.8 Å². The highest BCUT2D eigenvalue weighted by Crippen LogP contribution is 2.37. The van der Waals surface area contributed by atoms with Crippen LogP contribution < -0.4 is 9.64 Å². The number of methoxy groups -OCH3 is 1. The maximum absolute atomic E-state index is 13.5. The van der Waals surface area contributed by atoms with E-state index in [0.717, 1.165) is 16.9 Å². The lowest BCUT2D eigenvalue weighted by Gasteiger charge is -2.21. The Balaban J connectivity index is 1.76. The van der Waals surface area contributed by atoms with Crippen molar-refractivity contribution in [2.24, 2.45) is 0 Å². The SMILES string of the molecule is CCOc1ccc(/C=C2\C=C(c3ccc(Cl)cc3)N(c3ccc(C(=O)OC)c(Cl)c3)C2=O)cc1. The van der Waals surface area contributed by atoms with Crippen LogP contribution in [0.1, 0.15) is 28.4 Å². The smallest absolute Gasteiger partial charge is 0.339 e. The number of ether oxygens (including phenoxy) is 2. The lowest BCUT2D eigenvalue weighted by molar-refractivity contribution is -0.113. The summed E-state index contributed by atoms with van der Waals surface area (Å²) >= 11 is 12.4. The Kier molecular flexibility index (Phi) is 7.06. The third-order valence-corrected chi connectivity index (χ3v) is 5.82.